The van der Waals surface area contributed by atoms with Crippen LogP contribution in [0.15, 0.2) is 17.0 Å². The van der Waals surface area contributed by atoms with Crippen molar-refractivity contribution < 1.29 is 52.0 Å². The summed E-state index contributed by atoms with van der Waals surface area (Å²) in [6.45, 7) is 1.51. The molecule has 0 fully saturated rings. The number of methoxy groups -OCH3 is 2. The molecule has 0 aliphatic carbocycles. The molecule has 1 rings (SSSR count). The van der Waals surface area contributed by atoms with E-state index in [-0.39, 0.29) is 40.2 Å². The monoisotopic (exact) mass is 254 g/mol. The molecule has 1 aromatic carbocycles. The molecule has 7 heteroatoms. The van der Waals surface area contributed by atoms with Crippen molar-refractivity contribution >= 4 is 10.1 Å². The summed E-state index contributed by atoms with van der Waals surface area (Å²) in [5.74, 6) is 0.443. The summed E-state index contributed by atoms with van der Waals surface area (Å²) in [4.78, 5) is -0.342. The maximum absolute atomic E-state index is 11.0. The van der Waals surface area contributed by atoms with E-state index in [9.17, 15) is 13.0 Å². The predicted molar refractivity (Wildman–Crippen MR) is 52.2 cm³/mol. The van der Waals surface area contributed by atoms with E-state index >= 15 is 0 Å². The zero-order chi connectivity index (χ0) is 11.6. The zero-order valence-corrected chi connectivity index (χ0v) is 12.4. The Labute approximate surface area is 117 Å². The summed E-state index contributed by atoms with van der Waals surface area (Å²) in [6.07, 6.45) is 0. The van der Waals surface area contributed by atoms with Gasteiger partial charge in [0.05, 0.1) is 19.1 Å². The third-order valence-electron chi connectivity index (χ3n) is 1.92. The van der Waals surface area contributed by atoms with Crippen molar-refractivity contribution in [3.05, 3.63) is 17.7 Å². The van der Waals surface area contributed by atoms with Gasteiger partial charge in [0.2, 0.25) is 0 Å². The third kappa shape index (κ3) is 3.36. The number of ether oxygens (including phenoxy) is 2. The first kappa shape index (κ1) is 15.7. The summed E-state index contributed by atoms with van der Waals surface area (Å²) in [6, 6.07) is 2.82. The third-order valence-corrected chi connectivity index (χ3v) is 2.94. The topological polar surface area (TPSA) is 75.7 Å². The van der Waals surface area contributed by atoms with Crippen molar-refractivity contribution in [1.29, 1.82) is 0 Å². The minimum absolute atomic E-state index is 0. The molecule has 84 valence electrons. The van der Waals surface area contributed by atoms with E-state index in [1.165, 1.54) is 33.3 Å². The molecule has 0 amide bonds. The second-order valence-corrected chi connectivity index (χ2v) is 4.25. The smallest absolute Gasteiger partial charge is 0.744 e. The summed E-state index contributed by atoms with van der Waals surface area (Å²) < 4.78 is 42.6. The Hall–Kier alpha value is -0.270. The summed E-state index contributed by atoms with van der Waals surface area (Å²) in [5.41, 5.74) is 0.307. The number of benzene rings is 1. The van der Waals surface area contributed by atoms with Gasteiger partial charge in [0, 0.05) is 6.07 Å². The normalized spacial score (nSPS) is 10.5. The van der Waals surface area contributed by atoms with Gasteiger partial charge in [-0.3, -0.25) is 0 Å². The van der Waals surface area contributed by atoms with Crippen LogP contribution in [-0.2, 0) is 10.1 Å². The summed E-state index contributed by atoms with van der Waals surface area (Å²) in [5, 5.41) is 0. The first-order chi connectivity index (χ1) is 6.90. The minimum atomic E-state index is -4.53. The molecule has 1 aromatic rings. The van der Waals surface area contributed by atoms with E-state index in [2.05, 4.69) is 0 Å². The SMILES string of the molecule is COc1cc(C)c(S(=O)(=O)[O-])c(OC)c1.[Na+]. The first-order valence-electron chi connectivity index (χ1n) is 4.08. The van der Waals surface area contributed by atoms with Crippen molar-refractivity contribution in [1.82, 2.24) is 0 Å². The van der Waals surface area contributed by atoms with Gasteiger partial charge >= 0.3 is 29.6 Å². The van der Waals surface area contributed by atoms with Gasteiger partial charge in [-0.15, -0.1) is 0 Å². The van der Waals surface area contributed by atoms with Gasteiger partial charge in [-0.05, 0) is 18.6 Å². The van der Waals surface area contributed by atoms with Gasteiger partial charge in [-0.1, -0.05) is 0 Å². The Bertz CT molecular complexity index is 469. The van der Waals surface area contributed by atoms with Crippen LogP contribution in [0.2, 0.25) is 0 Å². The van der Waals surface area contributed by atoms with E-state index in [1.807, 2.05) is 0 Å². The van der Waals surface area contributed by atoms with Crippen molar-refractivity contribution in [2.75, 3.05) is 14.2 Å². The Kier molecular flexibility index (Phi) is 5.78. The van der Waals surface area contributed by atoms with Crippen LogP contribution in [0.5, 0.6) is 11.5 Å². The van der Waals surface area contributed by atoms with Crippen molar-refractivity contribution in [2.24, 2.45) is 0 Å². The van der Waals surface area contributed by atoms with Crippen LogP contribution in [0.1, 0.15) is 5.56 Å². The van der Waals surface area contributed by atoms with Gasteiger partial charge in [-0.2, -0.15) is 0 Å². The maximum atomic E-state index is 11.0. The molecule has 0 aromatic heterocycles. The maximum Gasteiger partial charge on any atom is 1.00 e. The fraction of sp³-hybridized carbons (Fsp3) is 0.333. The minimum Gasteiger partial charge on any atom is -0.744 e. The fourth-order valence-electron chi connectivity index (χ4n) is 1.30. The molecule has 0 N–H and O–H groups in total. The van der Waals surface area contributed by atoms with Crippen LogP contribution < -0.4 is 39.0 Å². The Morgan fingerprint density at radius 1 is 1.19 bits per heavy atom. The van der Waals surface area contributed by atoms with Gasteiger partial charge in [0.25, 0.3) is 0 Å². The van der Waals surface area contributed by atoms with Crippen LogP contribution in [0, 0.1) is 6.92 Å². The van der Waals surface area contributed by atoms with Gasteiger partial charge in [0.15, 0.2) is 0 Å². The zero-order valence-electron chi connectivity index (χ0n) is 9.60. The summed E-state index contributed by atoms with van der Waals surface area (Å²) >= 11 is 0. The molecule has 0 spiro atoms. The van der Waals surface area contributed by atoms with Crippen LogP contribution >= 0.6 is 0 Å². The van der Waals surface area contributed by atoms with Gasteiger partial charge in [0.1, 0.15) is 21.6 Å². The second kappa shape index (κ2) is 5.88. The molecule has 0 heterocycles. The summed E-state index contributed by atoms with van der Waals surface area (Å²) in [7, 11) is -1.79. The molecule has 0 atom stereocenters. The molecule has 0 saturated heterocycles. The molecule has 0 saturated carbocycles. The van der Waals surface area contributed by atoms with Crippen LogP contribution in [-0.4, -0.2) is 27.2 Å². The van der Waals surface area contributed by atoms with Crippen LogP contribution in [0.25, 0.3) is 0 Å². The largest absolute Gasteiger partial charge is 1.00 e. The molecular weight excluding hydrogens is 243 g/mol. The van der Waals surface area contributed by atoms with E-state index < -0.39 is 10.1 Å². The van der Waals surface area contributed by atoms with Crippen LogP contribution in [0.3, 0.4) is 0 Å². The standard InChI is InChI=1S/C9H12O5S.Na/c1-6-4-7(13-2)5-8(14-3)9(6)15(10,11)12;/h4-5H,1-3H3,(H,10,11,12);/q;+1/p-1. The molecule has 5 nitrogen and oxygen atoms in total. The molecular formula is C9H11NaO5S. The molecule has 0 aliphatic rings. The van der Waals surface area contributed by atoms with E-state index in [0.717, 1.165) is 0 Å². The molecule has 0 unspecified atom stereocenters. The molecule has 0 aliphatic heterocycles. The van der Waals surface area contributed by atoms with Crippen molar-refractivity contribution in [2.45, 2.75) is 11.8 Å². The fourth-order valence-corrected chi connectivity index (χ4v) is 2.14. The number of rotatable bonds is 3. The van der Waals surface area contributed by atoms with Crippen molar-refractivity contribution in [3.8, 4) is 11.5 Å². The molecule has 0 radical (unpaired) electrons. The number of hydrogen-bond acceptors (Lipinski definition) is 5. The molecule has 16 heavy (non-hydrogen) atoms. The molecule has 0 bridgehead atoms. The number of hydrogen-bond donors (Lipinski definition) is 0. The van der Waals surface area contributed by atoms with Gasteiger partial charge in [-0.25, -0.2) is 8.42 Å². The van der Waals surface area contributed by atoms with E-state index in [0.29, 0.717) is 11.3 Å². The van der Waals surface area contributed by atoms with E-state index in [1.54, 1.807) is 0 Å². The average Bonchev–Trinajstić information content (AvgIpc) is 2.14. The Morgan fingerprint density at radius 2 is 1.75 bits per heavy atom. The second-order valence-electron chi connectivity index (χ2n) is 2.93. The Balaban J connectivity index is 0.00000225. The van der Waals surface area contributed by atoms with Crippen LogP contribution in [0.4, 0.5) is 0 Å². The number of aryl methyl sites for hydroxylation is 1. The first-order valence-corrected chi connectivity index (χ1v) is 5.49. The quantitative estimate of drug-likeness (QED) is 0.457. The van der Waals surface area contributed by atoms with E-state index in [4.69, 9.17) is 9.47 Å². The average molecular weight is 254 g/mol. The Morgan fingerprint density at radius 3 is 2.12 bits per heavy atom. The van der Waals surface area contributed by atoms with Gasteiger partial charge < -0.3 is 14.0 Å². The predicted octanol–water partition coefficient (Wildman–Crippen LogP) is -2.08. The van der Waals surface area contributed by atoms with Crippen molar-refractivity contribution in [3.63, 3.8) is 0 Å².